The topological polar surface area (TPSA) is 38.3 Å². The molecular weight excluding hydrogens is 210 g/mol. The monoisotopic (exact) mass is 233 g/mol. The molecule has 0 spiro atoms. The van der Waals surface area contributed by atoms with E-state index in [9.17, 15) is 4.79 Å². The van der Waals surface area contributed by atoms with Crippen LogP contribution in [0.25, 0.3) is 0 Å². The molecule has 0 bridgehead atoms. The molecule has 0 aromatic heterocycles. The molecule has 0 saturated carbocycles. The molecule has 0 amide bonds. The van der Waals surface area contributed by atoms with E-state index in [1.165, 1.54) is 0 Å². The number of nitrogens with one attached hydrogen (secondary N) is 1. The van der Waals surface area contributed by atoms with E-state index in [2.05, 4.69) is 12.2 Å². The third-order valence-electron chi connectivity index (χ3n) is 1.93. The predicted octanol–water partition coefficient (Wildman–Crippen LogP) is 2.06. The minimum atomic E-state index is -0.565. The molecule has 90 valence electrons. The zero-order valence-electron chi connectivity index (χ0n) is 10.4. The summed E-state index contributed by atoms with van der Waals surface area (Å²) >= 11 is 1.75. The average Bonchev–Trinajstić information content (AvgIpc) is 2.14. The van der Waals surface area contributed by atoms with E-state index in [4.69, 9.17) is 4.74 Å². The van der Waals surface area contributed by atoms with Gasteiger partial charge in [0, 0.05) is 11.8 Å². The van der Waals surface area contributed by atoms with Gasteiger partial charge >= 0.3 is 5.97 Å². The molecule has 4 heteroatoms. The normalized spacial score (nSPS) is 15.1. The van der Waals surface area contributed by atoms with Crippen molar-refractivity contribution in [3.8, 4) is 0 Å². The lowest BCUT2D eigenvalue weighted by molar-refractivity contribution is -0.149. The van der Waals surface area contributed by atoms with Gasteiger partial charge in [0.25, 0.3) is 0 Å². The Hall–Kier alpha value is -0.220. The molecule has 0 heterocycles. The fourth-order valence-electron chi connectivity index (χ4n) is 1.39. The highest BCUT2D eigenvalue weighted by atomic mass is 32.2. The summed E-state index contributed by atoms with van der Waals surface area (Å²) in [6.07, 6.45) is 0. The van der Waals surface area contributed by atoms with Gasteiger partial charge in [0.1, 0.15) is 5.54 Å². The third-order valence-corrected chi connectivity index (χ3v) is 3.12. The zero-order valence-corrected chi connectivity index (χ0v) is 11.2. The van der Waals surface area contributed by atoms with Gasteiger partial charge in [-0.1, -0.05) is 6.92 Å². The summed E-state index contributed by atoms with van der Waals surface area (Å²) in [6, 6.07) is 0.275. The summed E-state index contributed by atoms with van der Waals surface area (Å²) in [7, 11) is 0. The Morgan fingerprint density at radius 2 is 2.07 bits per heavy atom. The third kappa shape index (κ3) is 5.42. The highest BCUT2D eigenvalue weighted by molar-refractivity contribution is 7.99. The lowest BCUT2D eigenvalue weighted by Gasteiger charge is -2.30. The molecule has 1 atom stereocenters. The van der Waals surface area contributed by atoms with Crippen LogP contribution in [-0.2, 0) is 9.53 Å². The maximum Gasteiger partial charge on any atom is 0.326 e. The summed E-state index contributed by atoms with van der Waals surface area (Å²) in [6.45, 7) is 10.3. The van der Waals surface area contributed by atoms with Crippen LogP contribution in [0.3, 0.4) is 0 Å². The Bertz CT molecular complexity index is 197. The predicted molar refractivity (Wildman–Crippen MR) is 66.3 cm³/mol. The molecule has 0 aliphatic heterocycles. The summed E-state index contributed by atoms with van der Waals surface area (Å²) in [4.78, 5) is 11.8. The average molecular weight is 233 g/mol. The first-order chi connectivity index (χ1) is 6.96. The SMILES string of the molecule is CCOC(=O)C(C)(CSCC)NC(C)C. The molecular formula is C11H23NO2S. The molecule has 0 saturated heterocycles. The van der Waals surface area contributed by atoms with E-state index in [1.807, 2.05) is 27.7 Å². The molecule has 0 rings (SSSR count). The highest BCUT2D eigenvalue weighted by Crippen LogP contribution is 2.16. The van der Waals surface area contributed by atoms with Gasteiger partial charge in [-0.15, -0.1) is 0 Å². The van der Waals surface area contributed by atoms with Crippen LogP contribution in [0, 0.1) is 0 Å². The Labute approximate surface area is 97.3 Å². The second-order valence-corrected chi connectivity index (χ2v) is 5.26. The van der Waals surface area contributed by atoms with Gasteiger partial charge in [-0.3, -0.25) is 10.1 Å². The zero-order chi connectivity index (χ0) is 11.9. The van der Waals surface area contributed by atoms with Crippen LogP contribution < -0.4 is 5.32 Å². The fraction of sp³-hybridized carbons (Fsp3) is 0.909. The molecule has 0 radical (unpaired) electrons. The van der Waals surface area contributed by atoms with Crippen LogP contribution >= 0.6 is 11.8 Å². The van der Waals surface area contributed by atoms with Crippen molar-refractivity contribution < 1.29 is 9.53 Å². The summed E-state index contributed by atoms with van der Waals surface area (Å²) in [5.41, 5.74) is -0.565. The van der Waals surface area contributed by atoms with Crippen LogP contribution in [0.15, 0.2) is 0 Å². The number of thioether (sulfide) groups is 1. The Kier molecular flexibility index (Phi) is 7.02. The smallest absolute Gasteiger partial charge is 0.326 e. The molecule has 0 aliphatic carbocycles. The Balaban J connectivity index is 4.45. The minimum Gasteiger partial charge on any atom is -0.465 e. The minimum absolute atomic E-state index is 0.153. The maximum atomic E-state index is 11.8. The van der Waals surface area contributed by atoms with Crippen molar-refractivity contribution in [2.45, 2.75) is 46.2 Å². The van der Waals surface area contributed by atoms with Crippen molar-refractivity contribution in [2.24, 2.45) is 0 Å². The van der Waals surface area contributed by atoms with Crippen LogP contribution in [0.2, 0.25) is 0 Å². The summed E-state index contributed by atoms with van der Waals surface area (Å²) in [5, 5.41) is 3.28. The highest BCUT2D eigenvalue weighted by Gasteiger charge is 2.34. The quantitative estimate of drug-likeness (QED) is 0.683. The van der Waals surface area contributed by atoms with Crippen molar-refractivity contribution in [3.05, 3.63) is 0 Å². The number of carbonyl (C=O) groups excluding carboxylic acids is 1. The maximum absolute atomic E-state index is 11.8. The number of hydrogen-bond donors (Lipinski definition) is 1. The van der Waals surface area contributed by atoms with Crippen molar-refractivity contribution in [1.82, 2.24) is 5.32 Å². The second-order valence-electron chi connectivity index (χ2n) is 3.99. The molecule has 1 N–H and O–H groups in total. The van der Waals surface area contributed by atoms with Gasteiger partial charge in [0.15, 0.2) is 0 Å². The van der Waals surface area contributed by atoms with Crippen LogP contribution in [0.4, 0.5) is 0 Å². The van der Waals surface area contributed by atoms with Gasteiger partial charge in [0.2, 0.25) is 0 Å². The first-order valence-corrected chi connectivity index (χ1v) is 6.64. The van der Waals surface area contributed by atoms with E-state index >= 15 is 0 Å². The van der Waals surface area contributed by atoms with Crippen LogP contribution in [-0.4, -0.2) is 35.7 Å². The van der Waals surface area contributed by atoms with Crippen LogP contribution in [0.5, 0.6) is 0 Å². The van der Waals surface area contributed by atoms with Crippen molar-refractivity contribution >= 4 is 17.7 Å². The lowest BCUT2D eigenvalue weighted by Crippen LogP contribution is -2.55. The summed E-state index contributed by atoms with van der Waals surface area (Å²) < 4.78 is 5.09. The lowest BCUT2D eigenvalue weighted by atomic mass is 10.0. The van der Waals surface area contributed by atoms with E-state index in [-0.39, 0.29) is 12.0 Å². The Morgan fingerprint density at radius 1 is 1.47 bits per heavy atom. The van der Waals surface area contributed by atoms with Crippen molar-refractivity contribution in [3.63, 3.8) is 0 Å². The summed E-state index contributed by atoms with van der Waals surface area (Å²) in [5.74, 6) is 1.61. The molecule has 3 nitrogen and oxygen atoms in total. The van der Waals surface area contributed by atoms with Gasteiger partial charge in [0.05, 0.1) is 6.61 Å². The number of rotatable bonds is 7. The number of hydrogen-bond acceptors (Lipinski definition) is 4. The molecule has 0 aromatic carbocycles. The second kappa shape index (κ2) is 7.12. The molecule has 0 aromatic rings. The Morgan fingerprint density at radius 3 is 2.47 bits per heavy atom. The van der Waals surface area contributed by atoms with E-state index in [0.717, 1.165) is 11.5 Å². The standard InChI is InChI=1S/C11H23NO2S/c1-6-14-10(13)11(5,8-15-7-2)12-9(3)4/h9,12H,6-8H2,1-5H3. The molecule has 0 aliphatic rings. The first-order valence-electron chi connectivity index (χ1n) is 5.49. The van der Waals surface area contributed by atoms with E-state index in [1.54, 1.807) is 11.8 Å². The van der Waals surface area contributed by atoms with Crippen LogP contribution in [0.1, 0.15) is 34.6 Å². The van der Waals surface area contributed by atoms with Gasteiger partial charge in [-0.2, -0.15) is 11.8 Å². The van der Waals surface area contributed by atoms with E-state index < -0.39 is 5.54 Å². The van der Waals surface area contributed by atoms with Crippen molar-refractivity contribution in [1.29, 1.82) is 0 Å². The van der Waals surface area contributed by atoms with Gasteiger partial charge in [-0.25, -0.2) is 0 Å². The largest absolute Gasteiger partial charge is 0.465 e. The first kappa shape index (κ1) is 14.8. The van der Waals surface area contributed by atoms with Gasteiger partial charge < -0.3 is 4.74 Å². The molecule has 15 heavy (non-hydrogen) atoms. The van der Waals surface area contributed by atoms with Gasteiger partial charge in [-0.05, 0) is 33.4 Å². The molecule has 0 fully saturated rings. The fourth-order valence-corrected chi connectivity index (χ4v) is 2.21. The van der Waals surface area contributed by atoms with E-state index in [0.29, 0.717) is 6.61 Å². The van der Waals surface area contributed by atoms with Crippen molar-refractivity contribution in [2.75, 3.05) is 18.1 Å². The number of esters is 1. The molecule has 1 unspecified atom stereocenters. The number of carbonyl (C=O) groups is 1. The number of ether oxygens (including phenoxy) is 1.